The Bertz CT molecular complexity index is 649. The lowest BCUT2D eigenvalue weighted by atomic mass is 10.1. The number of aromatic nitrogens is 1. The van der Waals surface area contributed by atoms with Gasteiger partial charge in [-0.15, -0.1) is 11.3 Å². The molecule has 0 radical (unpaired) electrons. The summed E-state index contributed by atoms with van der Waals surface area (Å²) in [6, 6.07) is 5.90. The smallest absolute Gasteiger partial charge is 0.270 e. The average Bonchev–Trinajstić information content (AvgIpc) is 2.78. The van der Waals surface area contributed by atoms with Crippen molar-refractivity contribution in [3.05, 3.63) is 47.1 Å². The molecular weight excluding hydrogens is 282 g/mol. The summed E-state index contributed by atoms with van der Waals surface area (Å²) in [4.78, 5) is 16.1. The van der Waals surface area contributed by atoms with Gasteiger partial charge in [-0.3, -0.25) is 9.78 Å². The minimum absolute atomic E-state index is 0.0310. The van der Waals surface area contributed by atoms with E-state index in [1.807, 2.05) is 0 Å². The zero-order valence-electron chi connectivity index (χ0n) is 8.33. The van der Waals surface area contributed by atoms with Crippen molar-refractivity contribution in [2.24, 2.45) is 0 Å². The number of carbonyl (C=O) groups is 1. The van der Waals surface area contributed by atoms with Gasteiger partial charge in [0.25, 0.3) is 9.05 Å². The quantitative estimate of drug-likeness (QED) is 0.642. The van der Waals surface area contributed by atoms with E-state index in [2.05, 4.69) is 4.98 Å². The molecule has 0 saturated carbocycles. The number of halogens is 1. The Morgan fingerprint density at radius 1 is 1.18 bits per heavy atom. The van der Waals surface area contributed by atoms with Crippen LogP contribution in [-0.2, 0) is 9.05 Å². The molecule has 4 nitrogen and oxygen atoms in total. The van der Waals surface area contributed by atoms with Crippen molar-refractivity contribution in [1.82, 2.24) is 4.98 Å². The van der Waals surface area contributed by atoms with Crippen LogP contribution in [0.2, 0.25) is 0 Å². The van der Waals surface area contributed by atoms with E-state index in [4.69, 9.17) is 10.7 Å². The summed E-state index contributed by atoms with van der Waals surface area (Å²) < 4.78 is 22.1. The van der Waals surface area contributed by atoms with E-state index in [0.717, 1.165) is 11.3 Å². The van der Waals surface area contributed by atoms with Crippen LogP contribution in [-0.4, -0.2) is 19.2 Å². The number of thiophene rings is 1. The molecule has 0 aliphatic rings. The summed E-state index contributed by atoms with van der Waals surface area (Å²) in [5, 5.41) is 0. The molecule has 0 aliphatic carbocycles. The number of hydrogen-bond acceptors (Lipinski definition) is 5. The standard InChI is InChI=1S/C10H6ClNO3S2/c11-17(14,15)9-2-1-8(16-9)10(13)7-3-5-12-6-4-7/h1-6H. The Hall–Kier alpha value is -1.24. The number of ketones is 1. The van der Waals surface area contributed by atoms with E-state index in [1.165, 1.54) is 24.5 Å². The molecule has 0 fully saturated rings. The molecule has 0 saturated heterocycles. The van der Waals surface area contributed by atoms with Crippen molar-refractivity contribution < 1.29 is 13.2 Å². The topological polar surface area (TPSA) is 64.1 Å². The predicted molar refractivity (Wildman–Crippen MR) is 65.0 cm³/mol. The van der Waals surface area contributed by atoms with Crippen molar-refractivity contribution in [2.75, 3.05) is 0 Å². The molecule has 2 aromatic rings. The minimum atomic E-state index is -3.77. The van der Waals surface area contributed by atoms with Crippen molar-refractivity contribution >= 4 is 36.9 Å². The first-order valence-electron chi connectivity index (χ1n) is 4.48. The molecular formula is C10H6ClNO3S2. The third-order valence-corrected chi connectivity index (χ3v) is 5.16. The molecule has 7 heteroatoms. The zero-order chi connectivity index (χ0) is 12.5. The first-order valence-corrected chi connectivity index (χ1v) is 7.60. The summed E-state index contributed by atoms with van der Waals surface area (Å²) in [7, 11) is 1.41. The Kier molecular flexibility index (Phi) is 3.28. The van der Waals surface area contributed by atoms with E-state index in [9.17, 15) is 13.2 Å². The van der Waals surface area contributed by atoms with Crippen molar-refractivity contribution in [2.45, 2.75) is 4.21 Å². The first-order chi connectivity index (χ1) is 7.98. The molecule has 0 atom stereocenters. The van der Waals surface area contributed by atoms with Gasteiger partial charge in [0.1, 0.15) is 4.21 Å². The van der Waals surface area contributed by atoms with Gasteiger partial charge >= 0.3 is 0 Å². The third kappa shape index (κ3) is 2.71. The monoisotopic (exact) mass is 287 g/mol. The molecule has 17 heavy (non-hydrogen) atoms. The van der Waals surface area contributed by atoms with Crippen LogP contribution >= 0.6 is 22.0 Å². The molecule has 2 aromatic heterocycles. The fraction of sp³-hybridized carbons (Fsp3) is 0. The first kappa shape index (κ1) is 12.2. The van der Waals surface area contributed by atoms with Crippen molar-refractivity contribution in [1.29, 1.82) is 0 Å². The van der Waals surface area contributed by atoms with Crippen LogP contribution in [0, 0.1) is 0 Å². The van der Waals surface area contributed by atoms with Crippen LogP contribution < -0.4 is 0 Å². The number of pyridine rings is 1. The van der Waals surface area contributed by atoms with Gasteiger partial charge in [0.05, 0.1) is 4.88 Å². The molecule has 0 aromatic carbocycles. The fourth-order valence-corrected chi connectivity index (χ4v) is 3.25. The summed E-state index contributed by atoms with van der Waals surface area (Å²) in [5.41, 5.74) is 0.459. The highest BCUT2D eigenvalue weighted by molar-refractivity contribution is 8.15. The average molecular weight is 288 g/mol. The van der Waals surface area contributed by atoms with Gasteiger partial charge < -0.3 is 0 Å². The van der Waals surface area contributed by atoms with Gasteiger partial charge in [-0.25, -0.2) is 8.42 Å². The van der Waals surface area contributed by atoms with Crippen LogP contribution in [0.25, 0.3) is 0 Å². The fourth-order valence-electron chi connectivity index (χ4n) is 1.22. The van der Waals surface area contributed by atoms with E-state index >= 15 is 0 Å². The maximum Gasteiger partial charge on any atom is 0.270 e. The predicted octanol–water partition coefficient (Wildman–Crippen LogP) is 2.30. The van der Waals surface area contributed by atoms with Gasteiger partial charge in [0.15, 0.2) is 0 Å². The largest absolute Gasteiger partial charge is 0.288 e. The van der Waals surface area contributed by atoms with Crippen LogP contribution in [0.5, 0.6) is 0 Å². The van der Waals surface area contributed by atoms with E-state index in [0.29, 0.717) is 10.4 Å². The van der Waals surface area contributed by atoms with Crippen LogP contribution in [0.15, 0.2) is 40.9 Å². The van der Waals surface area contributed by atoms with Crippen LogP contribution in [0.4, 0.5) is 0 Å². The van der Waals surface area contributed by atoms with E-state index < -0.39 is 9.05 Å². The highest BCUT2D eigenvalue weighted by Crippen LogP contribution is 2.26. The zero-order valence-corrected chi connectivity index (χ0v) is 10.7. The summed E-state index contributed by atoms with van der Waals surface area (Å²) in [6.07, 6.45) is 3.00. The lowest BCUT2D eigenvalue weighted by Crippen LogP contribution is -1.97. The molecule has 0 N–H and O–H groups in total. The second-order valence-electron chi connectivity index (χ2n) is 3.12. The molecule has 0 spiro atoms. The number of hydrogen-bond donors (Lipinski definition) is 0. The molecule has 2 rings (SSSR count). The Morgan fingerprint density at radius 2 is 1.82 bits per heavy atom. The van der Waals surface area contributed by atoms with Gasteiger partial charge in [-0.05, 0) is 24.3 Å². The van der Waals surface area contributed by atoms with Crippen molar-refractivity contribution in [3.8, 4) is 0 Å². The Balaban J connectivity index is 2.37. The van der Waals surface area contributed by atoms with E-state index in [1.54, 1.807) is 12.1 Å². The molecule has 88 valence electrons. The third-order valence-electron chi connectivity index (χ3n) is 1.99. The van der Waals surface area contributed by atoms with Gasteiger partial charge in [-0.2, -0.15) is 0 Å². The van der Waals surface area contributed by atoms with E-state index in [-0.39, 0.29) is 9.99 Å². The molecule has 0 unspecified atom stereocenters. The van der Waals surface area contributed by atoms with Gasteiger partial charge in [-0.1, -0.05) is 0 Å². The second-order valence-corrected chi connectivity index (χ2v) is 7.00. The maximum absolute atomic E-state index is 11.9. The Labute approximate surface area is 106 Å². The minimum Gasteiger partial charge on any atom is -0.288 e. The highest BCUT2D eigenvalue weighted by Gasteiger charge is 2.17. The molecule has 0 aliphatic heterocycles. The molecule has 0 bridgehead atoms. The van der Waals surface area contributed by atoms with Gasteiger partial charge in [0.2, 0.25) is 5.78 Å². The van der Waals surface area contributed by atoms with Gasteiger partial charge in [0, 0.05) is 28.6 Å². The number of nitrogens with zero attached hydrogens (tertiary/aromatic N) is 1. The summed E-state index contributed by atoms with van der Waals surface area (Å²) >= 11 is 0.853. The second kappa shape index (κ2) is 4.56. The lowest BCUT2D eigenvalue weighted by Gasteiger charge is -1.95. The SMILES string of the molecule is O=C(c1ccncc1)c1ccc(S(=O)(=O)Cl)s1. The van der Waals surface area contributed by atoms with Crippen LogP contribution in [0.3, 0.4) is 0 Å². The number of carbonyl (C=O) groups excluding carboxylic acids is 1. The molecule has 2 heterocycles. The molecule has 0 amide bonds. The van der Waals surface area contributed by atoms with Crippen molar-refractivity contribution in [3.63, 3.8) is 0 Å². The summed E-state index contributed by atoms with van der Waals surface area (Å²) in [6.45, 7) is 0. The normalized spacial score (nSPS) is 11.4. The lowest BCUT2D eigenvalue weighted by molar-refractivity contribution is 0.104. The highest BCUT2D eigenvalue weighted by atomic mass is 35.7. The Morgan fingerprint density at radius 3 is 2.35 bits per heavy atom. The summed E-state index contributed by atoms with van der Waals surface area (Å²) in [5.74, 6) is -0.246. The maximum atomic E-state index is 11.9. The number of rotatable bonds is 3. The van der Waals surface area contributed by atoms with Crippen LogP contribution in [0.1, 0.15) is 15.2 Å².